The Labute approximate surface area is 205 Å². The number of likely N-dealkylation sites (tertiary alicyclic amines) is 1. The van der Waals surface area contributed by atoms with Crippen LogP contribution in [-0.4, -0.2) is 58.7 Å². The average Bonchev–Trinajstić information content (AvgIpc) is 2.91. The molecule has 7 heteroatoms. The van der Waals surface area contributed by atoms with Crippen LogP contribution < -0.4 is 0 Å². The zero-order valence-corrected chi connectivity index (χ0v) is 19.5. The first kappa shape index (κ1) is 24.9. The van der Waals surface area contributed by atoms with Crippen LogP contribution in [0.3, 0.4) is 0 Å². The maximum atomic E-state index is 13.0. The molecule has 0 radical (unpaired) electrons. The van der Waals surface area contributed by atoms with Crippen molar-refractivity contribution in [2.45, 2.75) is 44.2 Å². The lowest BCUT2D eigenvalue weighted by Crippen LogP contribution is -2.65. The van der Waals surface area contributed by atoms with Crippen LogP contribution in [0.5, 0.6) is 0 Å². The van der Waals surface area contributed by atoms with E-state index in [9.17, 15) is 15.0 Å². The van der Waals surface area contributed by atoms with Crippen molar-refractivity contribution >= 4 is 6.09 Å². The largest absolute Gasteiger partial charge is 0.445 e. The fourth-order valence-electron chi connectivity index (χ4n) is 4.22. The van der Waals surface area contributed by atoms with Crippen molar-refractivity contribution in [1.82, 2.24) is 4.90 Å². The quantitative estimate of drug-likeness (QED) is 0.490. The van der Waals surface area contributed by atoms with Crippen LogP contribution >= 0.6 is 0 Å². The Balaban J connectivity index is 1.49. The fourth-order valence-corrected chi connectivity index (χ4v) is 4.22. The van der Waals surface area contributed by atoms with E-state index in [0.29, 0.717) is 0 Å². The lowest BCUT2D eigenvalue weighted by molar-refractivity contribution is -0.187. The summed E-state index contributed by atoms with van der Waals surface area (Å²) in [6.45, 7) is 0.201. The van der Waals surface area contributed by atoms with Gasteiger partial charge in [0.05, 0.1) is 32.4 Å². The Hall–Kier alpha value is -3.23. The number of hydrogen-bond donors (Lipinski definition) is 2. The van der Waals surface area contributed by atoms with Crippen LogP contribution in [0.4, 0.5) is 4.79 Å². The number of rotatable bonds is 9. The second kappa shape index (κ2) is 12.5. The summed E-state index contributed by atoms with van der Waals surface area (Å²) in [6, 6.07) is 27.8. The van der Waals surface area contributed by atoms with Crippen LogP contribution in [0.15, 0.2) is 91.0 Å². The molecule has 3 aromatic carbocycles. The molecule has 184 valence electrons. The van der Waals surface area contributed by atoms with Gasteiger partial charge in [-0.1, -0.05) is 91.0 Å². The minimum Gasteiger partial charge on any atom is -0.445 e. The molecule has 35 heavy (non-hydrogen) atoms. The highest BCUT2D eigenvalue weighted by atomic mass is 16.6. The molecule has 2 N–H and O–H groups in total. The second-order valence-corrected chi connectivity index (χ2v) is 8.53. The molecule has 1 aliphatic rings. The van der Waals surface area contributed by atoms with Gasteiger partial charge in [0.2, 0.25) is 0 Å². The zero-order valence-electron chi connectivity index (χ0n) is 19.5. The summed E-state index contributed by atoms with van der Waals surface area (Å²) in [5.41, 5.74) is 2.73. The topological polar surface area (TPSA) is 88.5 Å². The molecule has 1 saturated heterocycles. The van der Waals surface area contributed by atoms with Crippen molar-refractivity contribution in [3.05, 3.63) is 108 Å². The molecule has 0 spiro atoms. The lowest BCUT2D eigenvalue weighted by atomic mass is 9.94. The van der Waals surface area contributed by atoms with E-state index in [1.807, 2.05) is 91.0 Å². The Morgan fingerprint density at radius 1 is 0.743 bits per heavy atom. The number of carbonyl (C=O) groups excluding carboxylic acids is 1. The fraction of sp³-hybridized carbons (Fsp3) is 0.321. The van der Waals surface area contributed by atoms with Gasteiger partial charge in [-0.3, -0.25) is 4.90 Å². The number of β-amino-alcohol motifs (C(OH)–C–C–N with tert-alkyl or cyclic N) is 1. The van der Waals surface area contributed by atoms with Gasteiger partial charge in [-0.05, 0) is 16.7 Å². The van der Waals surface area contributed by atoms with Gasteiger partial charge in [-0.2, -0.15) is 0 Å². The van der Waals surface area contributed by atoms with Crippen molar-refractivity contribution in [3.8, 4) is 0 Å². The monoisotopic (exact) mass is 477 g/mol. The predicted octanol–water partition coefficient (Wildman–Crippen LogP) is 3.53. The summed E-state index contributed by atoms with van der Waals surface area (Å²) in [6.07, 6.45) is -3.15. The van der Waals surface area contributed by atoms with Gasteiger partial charge in [-0.15, -0.1) is 0 Å². The molecule has 1 heterocycles. The van der Waals surface area contributed by atoms with E-state index >= 15 is 0 Å². The lowest BCUT2D eigenvalue weighted by Gasteiger charge is -2.45. The highest BCUT2D eigenvalue weighted by Crippen LogP contribution is 2.27. The first-order chi connectivity index (χ1) is 17.2. The van der Waals surface area contributed by atoms with Crippen molar-refractivity contribution in [1.29, 1.82) is 0 Å². The summed E-state index contributed by atoms with van der Waals surface area (Å²) in [4.78, 5) is 14.3. The van der Waals surface area contributed by atoms with Gasteiger partial charge in [0.25, 0.3) is 0 Å². The molecular weight excluding hydrogens is 446 g/mol. The summed E-state index contributed by atoms with van der Waals surface area (Å²) in [7, 11) is 0. The summed E-state index contributed by atoms with van der Waals surface area (Å²) < 4.78 is 17.8. The predicted molar refractivity (Wildman–Crippen MR) is 130 cm³/mol. The van der Waals surface area contributed by atoms with E-state index in [4.69, 9.17) is 14.2 Å². The third-order valence-corrected chi connectivity index (χ3v) is 6.06. The van der Waals surface area contributed by atoms with E-state index in [-0.39, 0.29) is 33.0 Å². The molecule has 4 rings (SSSR count). The molecule has 1 amide bonds. The van der Waals surface area contributed by atoms with Gasteiger partial charge in [-0.25, -0.2) is 4.79 Å². The summed E-state index contributed by atoms with van der Waals surface area (Å²) in [5, 5.41) is 21.3. The third kappa shape index (κ3) is 6.68. The number of benzene rings is 3. The molecule has 0 saturated carbocycles. The van der Waals surface area contributed by atoms with Crippen molar-refractivity contribution in [2.24, 2.45) is 0 Å². The molecule has 0 aliphatic carbocycles. The van der Waals surface area contributed by atoms with Gasteiger partial charge in [0, 0.05) is 0 Å². The number of aliphatic hydroxyl groups excluding tert-OH is 2. The third-order valence-electron chi connectivity index (χ3n) is 6.06. The molecule has 3 aromatic rings. The van der Waals surface area contributed by atoms with Crippen LogP contribution in [-0.2, 0) is 34.0 Å². The van der Waals surface area contributed by atoms with E-state index in [2.05, 4.69) is 0 Å². The Bertz CT molecular complexity index is 1030. The van der Waals surface area contributed by atoms with E-state index in [1.54, 1.807) is 0 Å². The minimum atomic E-state index is -1.02. The molecule has 7 nitrogen and oxygen atoms in total. The number of carbonyl (C=O) groups is 1. The smallest absolute Gasteiger partial charge is 0.410 e. The number of ether oxygens (including phenoxy) is 3. The van der Waals surface area contributed by atoms with Crippen molar-refractivity contribution in [3.63, 3.8) is 0 Å². The van der Waals surface area contributed by atoms with Gasteiger partial charge < -0.3 is 24.4 Å². The highest BCUT2D eigenvalue weighted by molar-refractivity contribution is 5.68. The standard InChI is InChI=1S/C28H31NO6/c30-17-24-26(33-18-21-10-4-1-5-11-21)27(34-19-22-12-6-2-7-13-22)25(31)16-29(24)28(32)35-20-23-14-8-3-9-15-23/h1-15,24-27,30-31H,16-20H2/t24-,25+,26-,27-/m1/s1. The van der Waals surface area contributed by atoms with E-state index < -0.39 is 30.4 Å². The number of piperidine rings is 1. The van der Waals surface area contributed by atoms with Crippen LogP contribution in [0.1, 0.15) is 16.7 Å². The van der Waals surface area contributed by atoms with E-state index in [0.717, 1.165) is 16.7 Å². The van der Waals surface area contributed by atoms with Gasteiger partial charge >= 0.3 is 6.09 Å². The first-order valence-corrected chi connectivity index (χ1v) is 11.7. The number of amides is 1. The average molecular weight is 478 g/mol. The number of nitrogens with zero attached hydrogens (tertiary/aromatic N) is 1. The molecule has 0 unspecified atom stereocenters. The number of hydrogen-bond acceptors (Lipinski definition) is 6. The summed E-state index contributed by atoms with van der Waals surface area (Å²) >= 11 is 0. The zero-order chi connectivity index (χ0) is 24.5. The minimum absolute atomic E-state index is 0.0382. The molecule has 4 atom stereocenters. The Morgan fingerprint density at radius 2 is 1.20 bits per heavy atom. The van der Waals surface area contributed by atoms with Crippen LogP contribution in [0, 0.1) is 0 Å². The maximum Gasteiger partial charge on any atom is 0.410 e. The van der Waals surface area contributed by atoms with Crippen LogP contribution in [0.2, 0.25) is 0 Å². The normalized spacial score (nSPS) is 22.1. The van der Waals surface area contributed by atoms with E-state index in [1.165, 1.54) is 4.90 Å². The Kier molecular flexibility index (Phi) is 8.86. The Morgan fingerprint density at radius 3 is 1.69 bits per heavy atom. The van der Waals surface area contributed by atoms with Crippen LogP contribution in [0.25, 0.3) is 0 Å². The van der Waals surface area contributed by atoms with Gasteiger partial charge in [0.15, 0.2) is 0 Å². The highest BCUT2D eigenvalue weighted by Gasteiger charge is 2.46. The first-order valence-electron chi connectivity index (χ1n) is 11.7. The molecular formula is C28H31NO6. The maximum absolute atomic E-state index is 13.0. The molecule has 0 bridgehead atoms. The second-order valence-electron chi connectivity index (χ2n) is 8.53. The van der Waals surface area contributed by atoms with Gasteiger partial charge in [0.1, 0.15) is 24.9 Å². The molecule has 0 aromatic heterocycles. The number of aliphatic hydroxyl groups is 2. The summed E-state index contributed by atoms with van der Waals surface area (Å²) in [5.74, 6) is 0. The molecule has 1 aliphatic heterocycles. The SMILES string of the molecule is O=C(OCc1ccccc1)N1C[C@H](O)[C@@H](OCc2ccccc2)[C@H](OCc2ccccc2)[C@H]1CO. The molecule has 1 fully saturated rings. The van der Waals surface area contributed by atoms with Crippen molar-refractivity contribution in [2.75, 3.05) is 13.2 Å². The van der Waals surface area contributed by atoms with Crippen molar-refractivity contribution < 1.29 is 29.2 Å².